The highest BCUT2D eigenvalue weighted by atomic mass is 16.5. The van der Waals surface area contributed by atoms with Crippen molar-refractivity contribution >= 4 is 11.9 Å². The minimum atomic E-state index is -1.16. The number of nitrogens with zero attached hydrogens (tertiary/aromatic N) is 3. The van der Waals surface area contributed by atoms with Crippen molar-refractivity contribution in [1.29, 1.82) is 0 Å². The molecule has 2 rings (SSSR count). The SMILES string of the molecule is COC(=O)c1cccc(-n2cc(C(=O)O)nn2)c1. The molecule has 0 bridgehead atoms. The van der Waals surface area contributed by atoms with Crippen molar-refractivity contribution < 1.29 is 19.4 Å². The van der Waals surface area contributed by atoms with Crippen LogP contribution in [0.5, 0.6) is 0 Å². The quantitative estimate of drug-likeness (QED) is 0.804. The van der Waals surface area contributed by atoms with E-state index < -0.39 is 11.9 Å². The van der Waals surface area contributed by atoms with E-state index in [0.29, 0.717) is 11.3 Å². The average molecular weight is 247 g/mol. The van der Waals surface area contributed by atoms with Crippen LogP contribution in [-0.2, 0) is 4.74 Å². The predicted molar refractivity (Wildman–Crippen MR) is 59.7 cm³/mol. The summed E-state index contributed by atoms with van der Waals surface area (Å²) in [6.45, 7) is 0. The summed E-state index contributed by atoms with van der Waals surface area (Å²) in [6.07, 6.45) is 1.26. The predicted octanol–water partition coefficient (Wildman–Crippen LogP) is 0.752. The first-order chi connectivity index (χ1) is 8.61. The lowest BCUT2D eigenvalue weighted by Crippen LogP contribution is -2.03. The van der Waals surface area contributed by atoms with Crippen molar-refractivity contribution in [1.82, 2.24) is 15.0 Å². The number of hydrogen-bond donors (Lipinski definition) is 1. The van der Waals surface area contributed by atoms with Crippen molar-refractivity contribution in [3.05, 3.63) is 41.7 Å². The topological polar surface area (TPSA) is 94.3 Å². The molecule has 1 aromatic heterocycles. The van der Waals surface area contributed by atoms with Gasteiger partial charge in [-0.25, -0.2) is 14.3 Å². The summed E-state index contributed by atoms with van der Waals surface area (Å²) in [7, 11) is 1.28. The van der Waals surface area contributed by atoms with Crippen LogP contribution in [0.15, 0.2) is 30.5 Å². The zero-order valence-electron chi connectivity index (χ0n) is 9.40. The van der Waals surface area contributed by atoms with Crippen LogP contribution in [0.1, 0.15) is 20.8 Å². The summed E-state index contributed by atoms with van der Waals surface area (Å²) in [4.78, 5) is 22.0. The van der Waals surface area contributed by atoms with E-state index >= 15 is 0 Å². The number of aromatic nitrogens is 3. The van der Waals surface area contributed by atoms with Gasteiger partial charge in [0.25, 0.3) is 0 Å². The van der Waals surface area contributed by atoms with E-state index in [2.05, 4.69) is 15.0 Å². The van der Waals surface area contributed by atoms with E-state index in [1.807, 2.05) is 0 Å². The lowest BCUT2D eigenvalue weighted by Gasteiger charge is -2.02. The number of hydrogen-bond acceptors (Lipinski definition) is 5. The number of ether oxygens (including phenoxy) is 1. The Balaban J connectivity index is 2.38. The first-order valence-corrected chi connectivity index (χ1v) is 4.96. The smallest absolute Gasteiger partial charge is 0.358 e. The van der Waals surface area contributed by atoms with Crippen LogP contribution in [0, 0.1) is 0 Å². The van der Waals surface area contributed by atoms with Crippen LogP contribution in [0.2, 0.25) is 0 Å². The second-order valence-corrected chi connectivity index (χ2v) is 3.40. The molecule has 2 aromatic rings. The fourth-order valence-corrected chi connectivity index (χ4v) is 1.38. The molecule has 0 radical (unpaired) electrons. The van der Waals surface area contributed by atoms with E-state index in [4.69, 9.17) is 5.11 Å². The third-order valence-corrected chi connectivity index (χ3v) is 2.24. The number of rotatable bonds is 3. The van der Waals surface area contributed by atoms with Gasteiger partial charge in [0, 0.05) is 0 Å². The van der Waals surface area contributed by atoms with Gasteiger partial charge in [-0.2, -0.15) is 0 Å². The number of esters is 1. The lowest BCUT2D eigenvalue weighted by atomic mass is 10.2. The summed E-state index contributed by atoms with van der Waals surface area (Å²) in [5.41, 5.74) is 0.707. The molecule has 1 N–H and O–H groups in total. The van der Waals surface area contributed by atoms with Gasteiger partial charge >= 0.3 is 11.9 Å². The molecule has 0 saturated carbocycles. The third-order valence-electron chi connectivity index (χ3n) is 2.24. The monoisotopic (exact) mass is 247 g/mol. The number of aromatic carboxylic acids is 1. The van der Waals surface area contributed by atoms with Gasteiger partial charge in [-0.1, -0.05) is 11.3 Å². The van der Waals surface area contributed by atoms with Gasteiger partial charge in [-0.15, -0.1) is 5.10 Å². The van der Waals surface area contributed by atoms with Gasteiger partial charge < -0.3 is 9.84 Å². The van der Waals surface area contributed by atoms with Crippen LogP contribution < -0.4 is 0 Å². The summed E-state index contributed by atoms with van der Waals surface area (Å²) in [5, 5.41) is 15.9. The summed E-state index contributed by atoms with van der Waals surface area (Å²) in [6, 6.07) is 6.44. The Hall–Kier alpha value is -2.70. The molecule has 1 heterocycles. The number of carboxylic acid groups (broad SMARTS) is 1. The van der Waals surface area contributed by atoms with E-state index in [1.54, 1.807) is 18.2 Å². The van der Waals surface area contributed by atoms with Crippen LogP contribution in [-0.4, -0.2) is 39.1 Å². The number of methoxy groups -OCH3 is 1. The second-order valence-electron chi connectivity index (χ2n) is 3.40. The summed E-state index contributed by atoms with van der Waals surface area (Å²) < 4.78 is 5.87. The first-order valence-electron chi connectivity index (χ1n) is 4.96. The first kappa shape index (κ1) is 11.8. The molecular weight excluding hydrogens is 238 g/mol. The molecule has 7 heteroatoms. The van der Waals surface area contributed by atoms with E-state index in [9.17, 15) is 9.59 Å². The Bertz CT molecular complexity index is 606. The maximum absolute atomic E-state index is 11.3. The molecule has 7 nitrogen and oxygen atoms in total. The zero-order valence-corrected chi connectivity index (χ0v) is 9.40. The molecule has 0 aliphatic rings. The summed E-state index contributed by atoms with van der Waals surface area (Å²) in [5.74, 6) is -1.64. The fourth-order valence-electron chi connectivity index (χ4n) is 1.38. The molecule has 0 unspecified atom stereocenters. The molecule has 0 spiro atoms. The Labute approximate surface area is 102 Å². The number of carbonyl (C=O) groups is 2. The molecule has 0 amide bonds. The Morgan fingerprint density at radius 2 is 2.17 bits per heavy atom. The van der Waals surface area contributed by atoms with Crippen LogP contribution in [0.25, 0.3) is 5.69 Å². The highest BCUT2D eigenvalue weighted by Crippen LogP contribution is 2.11. The molecule has 92 valence electrons. The minimum absolute atomic E-state index is 0.168. The van der Waals surface area contributed by atoms with Gasteiger partial charge in [0.15, 0.2) is 5.69 Å². The third kappa shape index (κ3) is 2.19. The molecule has 0 aliphatic carbocycles. The van der Waals surface area contributed by atoms with Gasteiger partial charge in [-0.05, 0) is 18.2 Å². The molecular formula is C11H9N3O4. The van der Waals surface area contributed by atoms with Crippen LogP contribution in [0.3, 0.4) is 0 Å². The lowest BCUT2D eigenvalue weighted by molar-refractivity contribution is 0.0599. The van der Waals surface area contributed by atoms with E-state index in [0.717, 1.165) is 0 Å². The molecule has 0 saturated heterocycles. The fraction of sp³-hybridized carbons (Fsp3) is 0.0909. The molecule has 0 fully saturated rings. The maximum Gasteiger partial charge on any atom is 0.358 e. The molecule has 0 aliphatic heterocycles. The van der Waals surface area contributed by atoms with Crippen molar-refractivity contribution in [3.63, 3.8) is 0 Å². The van der Waals surface area contributed by atoms with E-state index in [1.165, 1.54) is 24.1 Å². The van der Waals surface area contributed by atoms with Crippen LogP contribution in [0.4, 0.5) is 0 Å². The van der Waals surface area contributed by atoms with Crippen molar-refractivity contribution in [2.75, 3.05) is 7.11 Å². The van der Waals surface area contributed by atoms with Gasteiger partial charge in [0.1, 0.15) is 0 Å². The highest BCUT2D eigenvalue weighted by molar-refractivity contribution is 5.90. The number of benzene rings is 1. The minimum Gasteiger partial charge on any atom is -0.476 e. The van der Waals surface area contributed by atoms with Gasteiger partial charge in [0.2, 0.25) is 0 Å². The molecule has 0 atom stereocenters. The number of carbonyl (C=O) groups excluding carboxylic acids is 1. The van der Waals surface area contributed by atoms with Crippen LogP contribution >= 0.6 is 0 Å². The standard InChI is InChI=1S/C11H9N3O4/c1-18-11(17)7-3-2-4-8(5-7)14-6-9(10(15)16)12-13-14/h2-6H,1H3,(H,15,16). The van der Waals surface area contributed by atoms with Crippen molar-refractivity contribution in [2.24, 2.45) is 0 Å². The van der Waals surface area contributed by atoms with Crippen molar-refractivity contribution in [3.8, 4) is 5.69 Å². The molecule has 18 heavy (non-hydrogen) atoms. The second kappa shape index (κ2) is 4.66. The number of carboxylic acids is 1. The van der Waals surface area contributed by atoms with Gasteiger partial charge in [0.05, 0.1) is 24.6 Å². The Kier molecular flexibility index (Phi) is 3.05. The van der Waals surface area contributed by atoms with E-state index in [-0.39, 0.29) is 5.69 Å². The largest absolute Gasteiger partial charge is 0.476 e. The molecule has 1 aromatic carbocycles. The highest BCUT2D eigenvalue weighted by Gasteiger charge is 2.11. The Morgan fingerprint density at radius 1 is 1.39 bits per heavy atom. The zero-order chi connectivity index (χ0) is 13.1. The normalized spacial score (nSPS) is 10.1. The maximum atomic E-state index is 11.3. The summed E-state index contributed by atoms with van der Waals surface area (Å²) >= 11 is 0. The van der Waals surface area contributed by atoms with Gasteiger partial charge in [-0.3, -0.25) is 0 Å². The Morgan fingerprint density at radius 3 is 2.78 bits per heavy atom. The van der Waals surface area contributed by atoms with Crippen molar-refractivity contribution in [2.45, 2.75) is 0 Å². The average Bonchev–Trinajstić information content (AvgIpc) is 2.88.